The summed E-state index contributed by atoms with van der Waals surface area (Å²) in [6.45, 7) is 0.371. The molecule has 0 atom stereocenters. The molecule has 4 aromatic rings. The van der Waals surface area contributed by atoms with E-state index in [2.05, 4.69) is 15.6 Å². The number of nitrogens with zero attached hydrogens (tertiary/aromatic N) is 3. The third kappa shape index (κ3) is 2.81. The molecular weight excluding hydrogens is 340 g/mol. The molecule has 25 heavy (non-hydrogen) atoms. The van der Waals surface area contributed by atoms with Gasteiger partial charge in [0.1, 0.15) is 17.1 Å². The maximum absolute atomic E-state index is 11.6. The van der Waals surface area contributed by atoms with Crippen LogP contribution in [0.15, 0.2) is 65.6 Å². The molecule has 4 rings (SSSR count). The first kappa shape index (κ1) is 15.6. The Kier molecular flexibility index (Phi) is 3.63. The van der Waals surface area contributed by atoms with Gasteiger partial charge in [-0.2, -0.15) is 8.42 Å². The highest BCUT2D eigenvalue weighted by Crippen LogP contribution is 2.28. The molecule has 0 aliphatic rings. The van der Waals surface area contributed by atoms with Crippen molar-refractivity contribution in [1.82, 2.24) is 15.0 Å². The average molecular weight is 354 g/mol. The molecular formula is C17H14N4O3S. The zero-order valence-corrected chi connectivity index (χ0v) is 13.8. The molecule has 0 saturated carbocycles. The second-order valence-electron chi connectivity index (χ2n) is 5.54. The fourth-order valence-electron chi connectivity index (χ4n) is 2.85. The standard InChI is InChI=1S/C17H14N4O3S/c22-25(23,24)17-10-4-5-12-13(17)6-3-8-14(12)18-11-21-16-9-2-1-7-15(16)19-20-21/h1-10,18H,11H2,(H,22,23,24). The number of hydrogen-bond donors (Lipinski definition) is 2. The lowest BCUT2D eigenvalue weighted by molar-refractivity contribution is 0.484. The van der Waals surface area contributed by atoms with Crippen molar-refractivity contribution in [3.63, 3.8) is 0 Å². The first-order valence-electron chi connectivity index (χ1n) is 7.55. The van der Waals surface area contributed by atoms with Crippen LogP contribution in [-0.2, 0) is 16.8 Å². The van der Waals surface area contributed by atoms with Gasteiger partial charge in [0.25, 0.3) is 10.1 Å². The van der Waals surface area contributed by atoms with Crippen molar-refractivity contribution in [2.24, 2.45) is 0 Å². The molecule has 126 valence electrons. The molecule has 0 bridgehead atoms. The highest BCUT2D eigenvalue weighted by Gasteiger charge is 2.14. The SMILES string of the molecule is O=S(=O)(O)c1cccc2c(NCn3nnc4ccccc43)cccc12. The number of hydrogen-bond acceptors (Lipinski definition) is 5. The van der Waals surface area contributed by atoms with Gasteiger partial charge in [-0.05, 0) is 24.3 Å². The van der Waals surface area contributed by atoms with Crippen LogP contribution in [0.3, 0.4) is 0 Å². The smallest absolute Gasteiger partial charge is 0.295 e. The van der Waals surface area contributed by atoms with Gasteiger partial charge in [0.2, 0.25) is 0 Å². The largest absolute Gasteiger partial charge is 0.366 e. The molecule has 0 spiro atoms. The van der Waals surface area contributed by atoms with Gasteiger partial charge >= 0.3 is 0 Å². The van der Waals surface area contributed by atoms with E-state index in [0.29, 0.717) is 17.4 Å². The van der Waals surface area contributed by atoms with Crippen LogP contribution in [0.25, 0.3) is 21.8 Å². The summed E-state index contributed by atoms with van der Waals surface area (Å²) in [5.41, 5.74) is 2.44. The lowest BCUT2D eigenvalue weighted by atomic mass is 10.1. The van der Waals surface area contributed by atoms with Gasteiger partial charge in [0.15, 0.2) is 0 Å². The normalized spacial score (nSPS) is 11.9. The molecule has 3 aromatic carbocycles. The van der Waals surface area contributed by atoms with Crippen molar-refractivity contribution in [3.8, 4) is 0 Å². The van der Waals surface area contributed by atoms with E-state index < -0.39 is 10.1 Å². The molecule has 1 aromatic heterocycles. The Morgan fingerprint density at radius 2 is 1.72 bits per heavy atom. The lowest BCUT2D eigenvalue weighted by Crippen LogP contribution is -2.10. The van der Waals surface area contributed by atoms with Crippen LogP contribution in [0.5, 0.6) is 0 Å². The predicted octanol–water partition coefficient (Wildman–Crippen LogP) is 2.90. The zero-order valence-electron chi connectivity index (χ0n) is 13.0. The first-order chi connectivity index (χ1) is 12.0. The van der Waals surface area contributed by atoms with E-state index in [1.54, 1.807) is 28.9 Å². The van der Waals surface area contributed by atoms with Crippen LogP contribution in [0.1, 0.15) is 0 Å². The van der Waals surface area contributed by atoms with Gasteiger partial charge in [-0.15, -0.1) is 5.10 Å². The summed E-state index contributed by atoms with van der Waals surface area (Å²) in [6.07, 6.45) is 0. The Balaban J connectivity index is 1.73. The van der Waals surface area contributed by atoms with E-state index >= 15 is 0 Å². The monoisotopic (exact) mass is 354 g/mol. The number of para-hydroxylation sites is 1. The molecule has 2 N–H and O–H groups in total. The third-order valence-corrected chi connectivity index (χ3v) is 4.91. The molecule has 0 unspecified atom stereocenters. The molecule has 0 radical (unpaired) electrons. The lowest BCUT2D eigenvalue weighted by Gasteiger charge is -2.11. The predicted molar refractivity (Wildman–Crippen MR) is 94.9 cm³/mol. The molecule has 7 nitrogen and oxygen atoms in total. The van der Waals surface area contributed by atoms with Gasteiger partial charge in [-0.3, -0.25) is 4.55 Å². The van der Waals surface area contributed by atoms with E-state index in [4.69, 9.17) is 0 Å². The number of rotatable bonds is 4. The Bertz CT molecular complexity index is 1180. The van der Waals surface area contributed by atoms with Gasteiger partial charge in [-0.1, -0.05) is 41.6 Å². The van der Waals surface area contributed by atoms with Crippen LogP contribution in [0.4, 0.5) is 5.69 Å². The number of nitrogens with one attached hydrogen (secondary N) is 1. The van der Waals surface area contributed by atoms with Crippen molar-refractivity contribution in [3.05, 3.63) is 60.7 Å². The number of anilines is 1. The Labute approximate surface area is 143 Å². The minimum atomic E-state index is -4.29. The topological polar surface area (TPSA) is 97.1 Å². The number of benzene rings is 3. The average Bonchev–Trinajstić information content (AvgIpc) is 3.02. The second-order valence-corrected chi connectivity index (χ2v) is 6.93. The fraction of sp³-hybridized carbons (Fsp3) is 0.0588. The Morgan fingerprint density at radius 1 is 0.960 bits per heavy atom. The minimum Gasteiger partial charge on any atom is -0.366 e. The van der Waals surface area contributed by atoms with Gasteiger partial charge in [-0.25, -0.2) is 4.68 Å². The Hall–Kier alpha value is -2.97. The van der Waals surface area contributed by atoms with E-state index in [0.717, 1.165) is 16.7 Å². The summed E-state index contributed by atoms with van der Waals surface area (Å²) < 4.78 is 34.3. The molecule has 0 amide bonds. The molecule has 0 aliphatic carbocycles. The molecule has 1 heterocycles. The maximum atomic E-state index is 11.6. The third-order valence-electron chi connectivity index (χ3n) is 4.00. The van der Waals surface area contributed by atoms with Crippen LogP contribution in [0, 0.1) is 0 Å². The van der Waals surface area contributed by atoms with Crippen LogP contribution < -0.4 is 5.32 Å². The fourth-order valence-corrected chi connectivity index (χ4v) is 3.56. The quantitative estimate of drug-likeness (QED) is 0.547. The van der Waals surface area contributed by atoms with E-state index in [1.165, 1.54) is 6.07 Å². The van der Waals surface area contributed by atoms with E-state index in [9.17, 15) is 13.0 Å². The minimum absolute atomic E-state index is 0.111. The second kappa shape index (κ2) is 5.83. The maximum Gasteiger partial charge on any atom is 0.295 e. The summed E-state index contributed by atoms with van der Waals surface area (Å²) in [6, 6.07) is 17.6. The van der Waals surface area contributed by atoms with Gasteiger partial charge in [0.05, 0.1) is 5.52 Å². The molecule has 8 heteroatoms. The van der Waals surface area contributed by atoms with E-state index in [1.807, 2.05) is 30.3 Å². The molecule has 0 aliphatic heterocycles. The molecule has 0 fully saturated rings. The van der Waals surface area contributed by atoms with Crippen molar-refractivity contribution in [2.45, 2.75) is 11.6 Å². The van der Waals surface area contributed by atoms with E-state index in [-0.39, 0.29) is 4.90 Å². The van der Waals surface area contributed by atoms with Crippen LogP contribution in [-0.4, -0.2) is 28.0 Å². The van der Waals surface area contributed by atoms with Gasteiger partial charge < -0.3 is 5.32 Å². The van der Waals surface area contributed by atoms with Crippen LogP contribution in [0.2, 0.25) is 0 Å². The van der Waals surface area contributed by atoms with Gasteiger partial charge in [0, 0.05) is 16.5 Å². The van der Waals surface area contributed by atoms with Crippen LogP contribution >= 0.6 is 0 Å². The Morgan fingerprint density at radius 3 is 2.56 bits per heavy atom. The summed E-state index contributed by atoms with van der Waals surface area (Å²) in [5, 5.41) is 12.6. The summed E-state index contributed by atoms with van der Waals surface area (Å²) in [4.78, 5) is -0.111. The summed E-state index contributed by atoms with van der Waals surface area (Å²) >= 11 is 0. The summed E-state index contributed by atoms with van der Waals surface area (Å²) in [7, 11) is -4.29. The highest BCUT2D eigenvalue weighted by molar-refractivity contribution is 7.86. The van der Waals surface area contributed by atoms with Crippen molar-refractivity contribution in [2.75, 3.05) is 5.32 Å². The summed E-state index contributed by atoms with van der Waals surface area (Å²) in [5.74, 6) is 0. The van der Waals surface area contributed by atoms with Crippen molar-refractivity contribution < 1.29 is 13.0 Å². The van der Waals surface area contributed by atoms with Crippen molar-refractivity contribution >= 4 is 37.6 Å². The highest BCUT2D eigenvalue weighted by atomic mass is 32.2. The zero-order chi connectivity index (χ0) is 17.4. The number of fused-ring (bicyclic) bond motifs is 2. The molecule has 0 saturated heterocycles. The number of aromatic nitrogens is 3. The van der Waals surface area contributed by atoms with Crippen molar-refractivity contribution in [1.29, 1.82) is 0 Å². The first-order valence-corrected chi connectivity index (χ1v) is 8.99.